The lowest BCUT2D eigenvalue weighted by Gasteiger charge is -2.26. The Kier molecular flexibility index (Phi) is 4.88. The van der Waals surface area contributed by atoms with Gasteiger partial charge in [-0.15, -0.1) is 0 Å². The molecule has 0 bridgehead atoms. The van der Waals surface area contributed by atoms with Crippen LogP contribution in [-0.4, -0.2) is 41.4 Å². The fraction of sp³-hybridized carbons (Fsp3) is 0.571. The molecule has 0 aliphatic carbocycles. The lowest BCUT2D eigenvalue weighted by atomic mass is 10.0. The summed E-state index contributed by atoms with van der Waals surface area (Å²) < 4.78 is 31.4. The van der Waals surface area contributed by atoms with Gasteiger partial charge >= 0.3 is 0 Å². The molecule has 1 unspecified atom stereocenters. The van der Waals surface area contributed by atoms with Gasteiger partial charge in [0.1, 0.15) is 5.75 Å². The third kappa shape index (κ3) is 3.64. The average Bonchev–Trinajstić information content (AvgIpc) is 2.47. The molecule has 2 rings (SSSR count). The minimum absolute atomic E-state index is 0.188. The topological polar surface area (TPSA) is 58.6 Å². The van der Waals surface area contributed by atoms with E-state index < -0.39 is 10.0 Å². The molecule has 0 aromatic heterocycles. The van der Waals surface area contributed by atoms with Crippen LogP contribution < -0.4 is 14.4 Å². The van der Waals surface area contributed by atoms with Crippen LogP contribution in [0, 0.1) is 5.92 Å². The summed E-state index contributed by atoms with van der Waals surface area (Å²) >= 11 is 0. The van der Waals surface area contributed by atoms with E-state index in [0.29, 0.717) is 11.4 Å². The number of anilines is 1. The smallest absolute Gasteiger partial charge is 0.235 e. The van der Waals surface area contributed by atoms with Crippen LogP contribution in [0.5, 0.6) is 5.75 Å². The van der Waals surface area contributed by atoms with E-state index in [1.165, 1.54) is 4.31 Å². The van der Waals surface area contributed by atoms with Crippen molar-refractivity contribution in [3.8, 4) is 5.75 Å². The Labute approximate surface area is 121 Å². The first kappa shape index (κ1) is 15.1. The number of nitrogens with one attached hydrogen (secondary N) is 1. The van der Waals surface area contributed by atoms with Crippen molar-refractivity contribution in [2.24, 2.45) is 5.92 Å². The largest absolute Gasteiger partial charge is 0.497 e. The van der Waals surface area contributed by atoms with Gasteiger partial charge in [0.2, 0.25) is 10.0 Å². The number of hydrogen-bond acceptors (Lipinski definition) is 4. The Balaban J connectivity index is 2.10. The normalized spacial score (nSPS) is 19.6. The molecule has 20 heavy (non-hydrogen) atoms. The number of sulfonamides is 1. The molecule has 6 heteroatoms. The standard InChI is InChI=1S/C14H22N2O3S/c1-16(13-6-3-7-14(9-13)19-2)20(17,18)11-12-5-4-8-15-10-12/h3,6-7,9,12,15H,4-5,8,10-11H2,1-2H3. The number of nitrogens with zero attached hydrogens (tertiary/aromatic N) is 1. The van der Waals surface area contributed by atoms with E-state index in [1.807, 2.05) is 0 Å². The van der Waals surface area contributed by atoms with Gasteiger partial charge in [-0.05, 0) is 44.0 Å². The van der Waals surface area contributed by atoms with Crippen LogP contribution in [0.4, 0.5) is 5.69 Å². The molecular weight excluding hydrogens is 276 g/mol. The predicted octanol–water partition coefficient (Wildman–Crippen LogP) is 1.46. The number of rotatable bonds is 5. The SMILES string of the molecule is COc1cccc(N(C)S(=O)(=O)CC2CCCNC2)c1. The van der Waals surface area contributed by atoms with Crippen LogP contribution in [-0.2, 0) is 10.0 Å². The van der Waals surface area contributed by atoms with Crippen LogP contribution in [0.15, 0.2) is 24.3 Å². The first-order chi connectivity index (χ1) is 9.53. The minimum Gasteiger partial charge on any atom is -0.497 e. The van der Waals surface area contributed by atoms with Crippen LogP contribution in [0.1, 0.15) is 12.8 Å². The fourth-order valence-corrected chi connectivity index (χ4v) is 3.98. The summed E-state index contributed by atoms with van der Waals surface area (Å²) in [7, 11) is -0.132. The second-order valence-corrected chi connectivity index (χ2v) is 7.20. The summed E-state index contributed by atoms with van der Waals surface area (Å²) in [6.07, 6.45) is 2.02. The molecule has 1 fully saturated rings. The molecule has 0 spiro atoms. The Hall–Kier alpha value is -1.27. The van der Waals surface area contributed by atoms with Crippen molar-refractivity contribution < 1.29 is 13.2 Å². The molecule has 1 aromatic carbocycles. The van der Waals surface area contributed by atoms with Crippen molar-refractivity contribution in [3.05, 3.63) is 24.3 Å². The highest BCUT2D eigenvalue weighted by Crippen LogP contribution is 2.24. The van der Waals surface area contributed by atoms with E-state index in [2.05, 4.69) is 5.32 Å². The molecule has 0 radical (unpaired) electrons. The van der Waals surface area contributed by atoms with Crippen LogP contribution >= 0.6 is 0 Å². The summed E-state index contributed by atoms with van der Waals surface area (Å²) in [5.74, 6) is 1.04. The van der Waals surface area contributed by atoms with E-state index in [9.17, 15) is 8.42 Å². The van der Waals surface area contributed by atoms with Crippen molar-refractivity contribution in [1.29, 1.82) is 0 Å². The number of piperidine rings is 1. The van der Waals surface area contributed by atoms with Crippen LogP contribution in [0.25, 0.3) is 0 Å². The van der Waals surface area contributed by atoms with Gasteiger partial charge in [-0.1, -0.05) is 6.07 Å². The van der Waals surface area contributed by atoms with Crippen molar-refractivity contribution >= 4 is 15.7 Å². The number of methoxy groups -OCH3 is 1. The molecule has 1 aromatic rings. The molecular formula is C14H22N2O3S. The third-order valence-electron chi connectivity index (χ3n) is 3.68. The van der Waals surface area contributed by atoms with Gasteiger partial charge in [-0.25, -0.2) is 8.42 Å². The number of hydrogen-bond donors (Lipinski definition) is 1. The second kappa shape index (κ2) is 6.45. The number of ether oxygens (including phenoxy) is 1. The third-order valence-corrected chi connectivity index (χ3v) is 5.62. The Morgan fingerprint density at radius 3 is 2.90 bits per heavy atom. The maximum atomic E-state index is 12.5. The van der Waals surface area contributed by atoms with Crippen molar-refractivity contribution in [2.75, 3.05) is 37.3 Å². The van der Waals surface area contributed by atoms with E-state index in [-0.39, 0.29) is 11.7 Å². The highest BCUT2D eigenvalue weighted by atomic mass is 32.2. The van der Waals surface area contributed by atoms with Gasteiger partial charge in [-0.3, -0.25) is 4.31 Å². The van der Waals surface area contributed by atoms with Crippen molar-refractivity contribution in [2.45, 2.75) is 12.8 Å². The van der Waals surface area contributed by atoms with E-state index in [0.717, 1.165) is 25.9 Å². The van der Waals surface area contributed by atoms with Gasteiger partial charge in [-0.2, -0.15) is 0 Å². The molecule has 1 atom stereocenters. The molecule has 1 heterocycles. The van der Waals surface area contributed by atoms with Gasteiger partial charge in [0.25, 0.3) is 0 Å². The molecule has 112 valence electrons. The highest BCUT2D eigenvalue weighted by Gasteiger charge is 2.25. The first-order valence-corrected chi connectivity index (χ1v) is 8.45. The summed E-state index contributed by atoms with van der Waals surface area (Å²) in [6, 6.07) is 7.10. The van der Waals surface area contributed by atoms with E-state index >= 15 is 0 Å². The summed E-state index contributed by atoms with van der Waals surface area (Å²) in [5, 5.41) is 3.25. The number of benzene rings is 1. The Morgan fingerprint density at radius 1 is 1.45 bits per heavy atom. The lowest BCUT2D eigenvalue weighted by Crippen LogP contribution is -2.38. The molecule has 5 nitrogen and oxygen atoms in total. The van der Waals surface area contributed by atoms with Gasteiger partial charge in [0.15, 0.2) is 0 Å². The zero-order valence-corrected chi connectivity index (χ0v) is 12.8. The quantitative estimate of drug-likeness (QED) is 0.894. The Morgan fingerprint density at radius 2 is 2.25 bits per heavy atom. The van der Waals surface area contributed by atoms with Crippen LogP contribution in [0.3, 0.4) is 0 Å². The molecule has 1 saturated heterocycles. The molecule has 1 N–H and O–H groups in total. The summed E-state index contributed by atoms with van der Waals surface area (Å²) in [6.45, 7) is 1.77. The Bertz CT molecular complexity index is 539. The molecule has 1 aliphatic rings. The van der Waals surface area contributed by atoms with E-state index in [4.69, 9.17) is 4.74 Å². The van der Waals surface area contributed by atoms with Crippen LogP contribution in [0.2, 0.25) is 0 Å². The minimum atomic E-state index is -3.30. The predicted molar refractivity (Wildman–Crippen MR) is 80.8 cm³/mol. The second-order valence-electron chi connectivity index (χ2n) is 5.16. The van der Waals surface area contributed by atoms with Gasteiger partial charge in [0, 0.05) is 13.1 Å². The van der Waals surface area contributed by atoms with Crippen molar-refractivity contribution in [1.82, 2.24) is 5.32 Å². The molecule has 1 aliphatic heterocycles. The maximum absolute atomic E-state index is 12.5. The van der Waals surface area contributed by atoms with Gasteiger partial charge < -0.3 is 10.1 Å². The maximum Gasteiger partial charge on any atom is 0.235 e. The molecule has 0 saturated carbocycles. The fourth-order valence-electron chi connectivity index (χ4n) is 2.44. The van der Waals surface area contributed by atoms with Crippen molar-refractivity contribution in [3.63, 3.8) is 0 Å². The summed E-state index contributed by atoms with van der Waals surface area (Å²) in [5.41, 5.74) is 0.633. The zero-order valence-electron chi connectivity index (χ0n) is 12.0. The average molecular weight is 298 g/mol. The lowest BCUT2D eigenvalue weighted by molar-refractivity contribution is 0.404. The molecule has 0 amide bonds. The highest BCUT2D eigenvalue weighted by molar-refractivity contribution is 7.92. The van der Waals surface area contributed by atoms with Gasteiger partial charge in [0.05, 0.1) is 18.6 Å². The summed E-state index contributed by atoms with van der Waals surface area (Å²) in [4.78, 5) is 0. The zero-order chi connectivity index (χ0) is 14.6. The monoisotopic (exact) mass is 298 g/mol. The van der Waals surface area contributed by atoms with E-state index in [1.54, 1.807) is 38.4 Å². The first-order valence-electron chi connectivity index (χ1n) is 6.84.